The lowest BCUT2D eigenvalue weighted by atomic mass is 10.2. The lowest BCUT2D eigenvalue weighted by Gasteiger charge is -2.11. The number of benzene rings is 2. The van der Waals surface area contributed by atoms with Crippen molar-refractivity contribution in [3.05, 3.63) is 66.5 Å². The first-order valence-electron chi connectivity index (χ1n) is 9.53. The number of aromatic amines is 1. The second-order valence-electron chi connectivity index (χ2n) is 6.86. The average Bonchev–Trinajstić information content (AvgIpc) is 3.36. The van der Waals surface area contributed by atoms with Gasteiger partial charge in [0.2, 0.25) is 11.9 Å². The van der Waals surface area contributed by atoms with Crippen LogP contribution in [-0.4, -0.2) is 35.4 Å². The molecule has 0 saturated carbocycles. The third-order valence-electron chi connectivity index (χ3n) is 4.69. The Hall–Kier alpha value is -4.34. The molecule has 0 saturated heterocycles. The van der Waals surface area contributed by atoms with Gasteiger partial charge in [0.15, 0.2) is 11.5 Å². The van der Waals surface area contributed by atoms with Gasteiger partial charge in [0, 0.05) is 18.7 Å². The molecule has 1 amide bonds. The molecule has 9 nitrogen and oxygen atoms in total. The summed E-state index contributed by atoms with van der Waals surface area (Å²) in [4.78, 5) is 31.8. The summed E-state index contributed by atoms with van der Waals surface area (Å²) >= 11 is 0. The minimum Gasteiger partial charge on any atom is -0.361 e. The highest BCUT2D eigenvalue weighted by molar-refractivity contribution is 5.90. The minimum absolute atomic E-state index is 0.147. The van der Waals surface area contributed by atoms with E-state index in [-0.39, 0.29) is 24.2 Å². The Balaban J connectivity index is 1.56. The van der Waals surface area contributed by atoms with Gasteiger partial charge in [-0.2, -0.15) is 9.97 Å². The molecule has 0 bridgehead atoms. The van der Waals surface area contributed by atoms with Crippen molar-refractivity contribution in [2.45, 2.75) is 13.5 Å². The van der Waals surface area contributed by atoms with Crippen molar-refractivity contribution in [1.82, 2.24) is 29.5 Å². The van der Waals surface area contributed by atoms with E-state index in [0.717, 1.165) is 5.69 Å². The third-order valence-corrected chi connectivity index (χ3v) is 4.69. The van der Waals surface area contributed by atoms with E-state index >= 15 is 0 Å². The van der Waals surface area contributed by atoms with Gasteiger partial charge in [-0.1, -0.05) is 18.2 Å². The van der Waals surface area contributed by atoms with E-state index in [9.17, 15) is 9.18 Å². The molecular weight excluding hydrogens is 399 g/mol. The zero-order valence-electron chi connectivity index (χ0n) is 16.4. The quantitative estimate of drug-likeness (QED) is 0.405. The van der Waals surface area contributed by atoms with Gasteiger partial charge in [-0.3, -0.25) is 14.7 Å². The van der Waals surface area contributed by atoms with Crippen LogP contribution in [0.3, 0.4) is 0 Å². The number of nitrogens with zero attached hydrogens (tertiary/aromatic N) is 5. The smallest absolute Gasteiger partial charge is 0.233 e. The molecule has 3 heterocycles. The first kappa shape index (κ1) is 18.7. The molecule has 0 atom stereocenters. The molecule has 0 fully saturated rings. The normalized spacial score (nSPS) is 11.2. The number of fused-ring (bicyclic) bond motifs is 2. The van der Waals surface area contributed by atoms with Crippen LogP contribution in [0.4, 0.5) is 16.2 Å². The van der Waals surface area contributed by atoms with Crippen molar-refractivity contribution >= 4 is 39.9 Å². The van der Waals surface area contributed by atoms with Crippen molar-refractivity contribution in [3.8, 4) is 5.69 Å². The number of anilines is 2. The number of para-hydroxylation sites is 1. The van der Waals surface area contributed by atoms with Gasteiger partial charge in [0.05, 0.1) is 23.9 Å². The zero-order valence-corrected chi connectivity index (χ0v) is 16.4. The van der Waals surface area contributed by atoms with Crippen LogP contribution in [-0.2, 0) is 11.3 Å². The van der Waals surface area contributed by atoms with E-state index < -0.39 is 0 Å². The second-order valence-corrected chi connectivity index (χ2v) is 6.86. The SMILES string of the molecule is CC(=O)Nc1nc(NCc2nc3ccc(F)cc3n2-c2ccccc2)c2[nH]cnc2n1. The van der Waals surface area contributed by atoms with E-state index in [0.29, 0.717) is 33.8 Å². The van der Waals surface area contributed by atoms with Gasteiger partial charge in [-0.15, -0.1) is 0 Å². The maximum atomic E-state index is 14.0. The maximum absolute atomic E-state index is 14.0. The monoisotopic (exact) mass is 416 g/mol. The highest BCUT2D eigenvalue weighted by Crippen LogP contribution is 2.24. The number of nitrogens with one attached hydrogen (secondary N) is 3. The summed E-state index contributed by atoms with van der Waals surface area (Å²) in [6.07, 6.45) is 1.50. The van der Waals surface area contributed by atoms with Crippen LogP contribution in [0.15, 0.2) is 54.9 Å². The molecule has 3 aromatic heterocycles. The number of hydrogen-bond donors (Lipinski definition) is 3. The fraction of sp³-hybridized carbons (Fsp3) is 0.0952. The Labute approximate surface area is 175 Å². The Kier molecular flexibility index (Phi) is 4.51. The molecule has 2 aromatic carbocycles. The predicted molar refractivity (Wildman–Crippen MR) is 114 cm³/mol. The Morgan fingerprint density at radius 2 is 1.97 bits per heavy atom. The first-order valence-corrected chi connectivity index (χ1v) is 9.53. The number of amides is 1. The molecule has 0 aliphatic carbocycles. The Bertz CT molecular complexity index is 1410. The van der Waals surface area contributed by atoms with Crippen molar-refractivity contribution in [2.24, 2.45) is 0 Å². The van der Waals surface area contributed by atoms with Gasteiger partial charge in [0.1, 0.15) is 17.2 Å². The molecule has 5 rings (SSSR count). The van der Waals surface area contributed by atoms with Crippen LogP contribution in [0.25, 0.3) is 27.9 Å². The number of H-pyrrole nitrogens is 1. The number of aromatic nitrogens is 6. The van der Waals surface area contributed by atoms with Crippen molar-refractivity contribution in [2.75, 3.05) is 10.6 Å². The third kappa shape index (κ3) is 3.54. The molecule has 0 radical (unpaired) electrons. The van der Waals surface area contributed by atoms with Crippen LogP contribution < -0.4 is 10.6 Å². The van der Waals surface area contributed by atoms with E-state index in [1.165, 1.54) is 25.4 Å². The fourth-order valence-electron chi connectivity index (χ4n) is 3.42. The van der Waals surface area contributed by atoms with Crippen LogP contribution in [0.5, 0.6) is 0 Å². The van der Waals surface area contributed by atoms with Crippen LogP contribution in [0.2, 0.25) is 0 Å². The molecule has 5 aromatic rings. The Morgan fingerprint density at radius 3 is 2.77 bits per heavy atom. The summed E-state index contributed by atoms with van der Waals surface area (Å²) in [5.74, 6) is 0.657. The highest BCUT2D eigenvalue weighted by atomic mass is 19.1. The summed E-state index contributed by atoms with van der Waals surface area (Å²) in [7, 11) is 0. The predicted octanol–water partition coefficient (Wildman–Crippen LogP) is 3.40. The van der Waals surface area contributed by atoms with Crippen molar-refractivity contribution in [3.63, 3.8) is 0 Å². The van der Waals surface area contributed by atoms with Crippen molar-refractivity contribution < 1.29 is 9.18 Å². The molecule has 0 unspecified atom stereocenters. The number of halogens is 1. The molecule has 0 aliphatic heterocycles. The van der Waals surface area contributed by atoms with E-state index in [2.05, 4.69) is 35.6 Å². The van der Waals surface area contributed by atoms with Crippen molar-refractivity contribution in [1.29, 1.82) is 0 Å². The number of imidazole rings is 2. The van der Waals surface area contributed by atoms with Gasteiger partial charge in [-0.25, -0.2) is 14.4 Å². The lowest BCUT2D eigenvalue weighted by Crippen LogP contribution is -2.13. The highest BCUT2D eigenvalue weighted by Gasteiger charge is 2.15. The molecule has 0 aliphatic rings. The van der Waals surface area contributed by atoms with E-state index in [1.54, 1.807) is 6.07 Å². The Morgan fingerprint density at radius 1 is 1.13 bits per heavy atom. The lowest BCUT2D eigenvalue weighted by molar-refractivity contribution is -0.114. The molecule has 10 heteroatoms. The number of carbonyl (C=O) groups excluding carboxylic acids is 1. The molecular formula is C21H17FN8O. The standard InChI is InChI=1S/C21H17FN8O/c1-12(31)26-21-28-19(18-20(29-21)25-11-24-18)23-10-17-27-15-8-7-13(22)9-16(15)30(17)14-5-3-2-4-6-14/h2-9,11H,10H2,1H3,(H3,23,24,25,26,28,29,31). The van der Waals surface area contributed by atoms with E-state index in [1.807, 2.05) is 34.9 Å². The van der Waals surface area contributed by atoms with Gasteiger partial charge >= 0.3 is 0 Å². The second kappa shape index (κ2) is 7.48. The molecule has 154 valence electrons. The summed E-state index contributed by atoms with van der Waals surface area (Å²) in [5.41, 5.74) is 3.22. The average molecular weight is 416 g/mol. The largest absolute Gasteiger partial charge is 0.361 e. The molecule has 31 heavy (non-hydrogen) atoms. The number of rotatable bonds is 5. The van der Waals surface area contributed by atoms with Crippen LogP contribution in [0, 0.1) is 5.82 Å². The summed E-state index contributed by atoms with van der Waals surface area (Å²) < 4.78 is 15.9. The summed E-state index contributed by atoms with van der Waals surface area (Å²) in [5, 5.41) is 5.81. The summed E-state index contributed by atoms with van der Waals surface area (Å²) in [6.45, 7) is 1.67. The summed E-state index contributed by atoms with van der Waals surface area (Å²) in [6, 6.07) is 14.1. The fourth-order valence-corrected chi connectivity index (χ4v) is 3.42. The number of hydrogen-bond acceptors (Lipinski definition) is 6. The minimum atomic E-state index is -0.334. The zero-order chi connectivity index (χ0) is 21.4. The van der Waals surface area contributed by atoms with E-state index in [4.69, 9.17) is 0 Å². The first-order chi connectivity index (χ1) is 15.1. The molecule has 3 N–H and O–H groups in total. The van der Waals surface area contributed by atoms with Gasteiger partial charge in [-0.05, 0) is 24.3 Å². The van der Waals surface area contributed by atoms with Gasteiger partial charge < -0.3 is 10.3 Å². The number of carbonyl (C=O) groups is 1. The van der Waals surface area contributed by atoms with Gasteiger partial charge in [0.25, 0.3) is 0 Å². The maximum Gasteiger partial charge on any atom is 0.233 e. The topological polar surface area (TPSA) is 113 Å². The van der Waals surface area contributed by atoms with Crippen LogP contribution in [0.1, 0.15) is 12.7 Å². The van der Waals surface area contributed by atoms with Crippen LogP contribution >= 0.6 is 0 Å². The molecule has 0 spiro atoms.